The SMILES string of the molecule is COc1ccc(CCNC(=O)CN2C(=O)CCn3nc(-c4cccn4C)cc32)cc1OC. The summed E-state index contributed by atoms with van der Waals surface area (Å²) in [5.74, 6) is 1.67. The van der Waals surface area contributed by atoms with Gasteiger partial charge in [0.2, 0.25) is 11.8 Å². The van der Waals surface area contributed by atoms with Crippen molar-refractivity contribution in [2.24, 2.45) is 7.05 Å². The molecule has 1 N–H and O–H groups in total. The van der Waals surface area contributed by atoms with E-state index in [2.05, 4.69) is 10.4 Å². The number of rotatable bonds is 8. The van der Waals surface area contributed by atoms with Crippen molar-refractivity contribution in [1.29, 1.82) is 0 Å². The van der Waals surface area contributed by atoms with Crippen molar-refractivity contribution in [2.45, 2.75) is 19.4 Å². The van der Waals surface area contributed by atoms with Crippen LogP contribution in [0.5, 0.6) is 11.5 Å². The third kappa shape index (κ3) is 4.32. The van der Waals surface area contributed by atoms with E-state index in [-0.39, 0.29) is 18.4 Å². The molecular formula is C23H27N5O4. The number of amides is 2. The molecule has 1 aliphatic rings. The first-order chi connectivity index (χ1) is 15.5. The van der Waals surface area contributed by atoms with E-state index < -0.39 is 0 Å². The van der Waals surface area contributed by atoms with Gasteiger partial charge in [0.15, 0.2) is 11.5 Å². The molecule has 0 saturated carbocycles. The van der Waals surface area contributed by atoms with Gasteiger partial charge in [-0.2, -0.15) is 5.10 Å². The molecule has 1 aliphatic heterocycles. The maximum Gasteiger partial charge on any atom is 0.240 e. The quantitative estimate of drug-likeness (QED) is 0.582. The zero-order valence-corrected chi connectivity index (χ0v) is 18.5. The van der Waals surface area contributed by atoms with E-state index in [0.717, 1.165) is 17.0 Å². The number of fused-ring (bicyclic) bond motifs is 1. The first-order valence-corrected chi connectivity index (χ1v) is 10.5. The van der Waals surface area contributed by atoms with E-state index in [1.807, 2.05) is 54.2 Å². The van der Waals surface area contributed by atoms with Crippen molar-refractivity contribution < 1.29 is 19.1 Å². The molecule has 1 aromatic carbocycles. The van der Waals surface area contributed by atoms with Gasteiger partial charge in [-0.25, -0.2) is 4.68 Å². The van der Waals surface area contributed by atoms with Crippen molar-refractivity contribution in [2.75, 3.05) is 32.2 Å². The van der Waals surface area contributed by atoms with Crippen LogP contribution in [0.15, 0.2) is 42.6 Å². The third-order valence-electron chi connectivity index (χ3n) is 5.57. The molecule has 0 spiro atoms. The van der Waals surface area contributed by atoms with Gasteiger partial charge in [0.25, 0.3) is 0 Å². The minimum absolute atomic E-state index is 0.0387. The number of hydrogen-bond donors (Lipinski definition) is 1. The Morgan fingerprint density at radius 3 is 2.69 bits per heavy atom. The number of nitrogens with zero attached hydrogens (tertiary/aromatic N) is 4. The van der Waals surface area contributed by atoms with Crippen LogP contribution in [-0.4, -0.2) is 53.5 Å². The topological polar surface area (TPSA) is 90.6 Å². The Bertz CT molecular complexity index is 1130. The fraction of sp³-hybridized carbons (Fsp3) is 0.348. The molecule has 0 bridgehead atoms. The lowest BCUT2D eigenvalue weighted by atomic mass is 10.1. The zero-order valence-electron chi connectivity index (χ0n) is 18.5. The van der Waals surface area contributed by atoms with Gasteiger partial charge in [-0.3, -0.25) is 14.5 Å². The Morgan fingerprint density at radius 2 is 1.97 bits per heavy atom. The molecule has 3 heterocycles. The minimum atomic E-state index is -0.214. The summed E-state index contributed by atoms with van der Waals surface area (Å²) in [6.07, 6.45) is 2.90. The number of methoxy groups -OCH3 is 2. The van der Waals surface area contributed by atoms with Gasteiger partial charge >= 0.3 is 0 Å². The molecule has 3 aromatic rings. The number of aryl methyl sites for hydroxylation is 2. The average Bonchev–Trinajstić information content (AvgIpc) is 3.41. The third-order valence-corrected chi connectivity index (χ3v) is 5.57. The van der Waals surface area contributed by atoms with Gasteiger partial charge in [-0.15, -0.1) is 0 Å². The summed E-state index contributed by atoms with van der Waals surface area (Å²) in [5.41, 5.74) is 2.75. The Hall–Kier alpha value is -3.75. The van der Waals surface area contributed by atoms with E-state index in [9.17, 15) is 9.59 Å². The van der Waals surface area contributed by atoms with Crippen LogP contribution >= 0.6 is 0 Å². The Kier molecular flexibility index (Phi) is 6.16. The molecule has 32 heavy (non-hydrogen) atoms. The summed E-state index contributed by atoms with van der Waals surface area (Å²) in [7, 11) is 5.13. The Morgan fingerprint density at radius 1 is 1.16 bits per heavy atom. The van der Waals surface area contributed by atoms with Gasteiger partial charge in [-0.05, 0) is 36.2 Å². The highest BCUT2D eigenvalue weighted by Gasteiger charge is 2.28. The molecule has 0 unspecified atom stereocenters. The number of carbonyl (C=O) groups is 2. The van der Waals surface area contributed by atoms with E-state index in [4.69, 9.17) is 9.47 Å². The molecule has 0 aliphatic carbocycles. The molecular weight excluding hydrogens is 410 g/mol. The van der Waals surface area contributed by atoms with E-state index >= 15 is 0 Å². The second kappa shape index (κ2) is 9.17. The molecule has 0 atom stereocenters. The van der Waals surface area contributed by atoms with Gasteiger partial charge in [0.05, 0.1) is 26.5 Å². The highest BCUT2D eigenvalue weighted by molar-refractivity contribution is 5.99. The molecule has 4 rings (SSSR count). The van der Waals surface area contributed by atoms with Crippen LogP contribution in [0, 0.1) is 0 Å². The first-order valence-electron chi connectivity index (χ1n) is 10.5. The van der Waals surface area contributed by atoms with Crippen LogP contribution in [-0.2, 0) is 29.6 Å². The van der Waals surface area contributed by atoms with Crippen LogP contribution in [0.1, 0.15) is 12.0 Å². The number of aromatic nitrogens is 3. The van der Waals surface area contributed by atoms with Crippen molar-refractivity contribution >= 4 is 17.6 Å². The number of benzene rings is 1. The van der Waals surface area contributed by atoms with Crippen LogP contribution < -0.4 is 19.7 Å². The lowest BCUT2D eigenvalue weighted by Crippen LogP contribution is -2.44. The summed E-state index contributed by atoms with van der Waals surface area (Å²) < 4.78 is 14.3. The lowest BCUT2D eigenvalue weighted by molar-refractivity contribution is -0.124. The molecule has 0 saturated heterocycles. The summed E-state index contributed by atoms with van der Waals surface area (Å²) >= 11 is 0. The summed E-state index contributed by atoms with van der Waals surface area (Å²) in [6.45, 7) is 0.920. The standard InChI is InChI=1S/C23H27N5O4/c1-26-11-4-5-18(26)17-14-22-27(23(30)9-12-28(22)25-17)15-21(29)24-10-8-16-6-7-19(31-2)20(13-16)32-3/h4-7,11,13-14H,8-10,12,15H2,1-3H3,(H,24,29). The molecule has 0 fully saturated rings. The van der Waals surface area contributed by atoms with Crippen molar-refractivity contribution in [3.63, 3.8) is 0 Å². The summed E-state index contributed by atoms with van der Waals surface area (Å²) in [5, 5.41) is 7.53. The molecule has 9 heteroatoms. The van der Waals surface area contributed by atoms with Gasteiger partial charge < -0.3 is 19.4 Å². The Labute approximate surface area is 186 Å². The van der Waals surface area contributed by atoms with Crippen LogP contribution in [0.3, 0.4) is 0 Å². The van der Waals surface area contributed by atoms with Crippen LogP contribution in [0.2, 0.25) is 0 Å². The average molecular weight is 438 g/mol. The molecule has 9 nitrogen and oxygen atoms in total. The number of carbonyl (C=O) groups excluding carboxylic acids is 2. The fourth-order valence-electron chi connectivity index (χ4n) is 3.86. The van der Waals surface area contributed by atoms with Crippen molar-refractivity contribution in [3.05, 3.63) is 48.2 Å². The minimum Gasteiger partial charge on any atom is -0.493 e. The Balaban J connectivity index is 1.39. The van der Waals surface area contributed by atoms with Crippen LogP contribution in [0.4, 0.5) is 5.82 Å². The maximum atomic E-state index is 12.6. The monoisotopic (exact) mass is 437 g/mol. The van der Waals surface area contributed by atoms with Crippen molar-refractivity contribution in [3.8, 4) is 22.9 Å². The normalized spacial score (nSPS) is 13.1. The fourth-order valence-corrected chi connectivity index (χ4v) is 3.86. The number of hydrogen-bond acceptors (Lipinski definition) is 5. The highest BCUT2D eigenvalue weighted by Crippen LogP contribution is 2.29. The highest BCUT2D eigenvalue weighted by atomic mass is 16.5. The molecule has 168 valence electrons. The predicted octanol–water partition coefficient (Wildman–Crippen LogP) is 2.00. The van der Waals surface area contributed by atoms with Gasteiger partial charge in [0, 0.05) is 32.3 Å². The summed E-state index contributed by atoms with van der Waals surface area (Å²) in [6, 6.07) is 11.5. The molecule has 0 radical (unpaired) electrons. The second-order valence-corrected chi connectivity index (χ2v) is 7.63. The summed E-state index contributed by atoms with van der Waals surface area (Å²) in [4.78, 5) is 26.7. The van der Waals surface area contributed by atoms with E-state index in [1.54, 1.807) is 18.9 Å². The zero-order chi connectivity index (χ0) is 22.7. The smallest absolute Gasteiger partial charge is 0.240 e. The predicted molar refractivity (Wildman–Crippen MR) is 120 cm³/mol. The van der Waals surface area contributed by atoms with Crippen molar-refractivity contribution in [1.82, 2.24) is 19.7 Å². The number of anilines is 1. The second-order valence-electron chi connectivity index (χ2n) is 7.63. The largest absolute Gasteiger partial charge is 0.493 e. The lowest BCUT2D eigenvalue weighted by Gasteiger charge is -2.26. The maximum absolute atomic E-state index is 12.6. The van der Waals surface area contributed by atoms with Gasteiger partial charge in [0.1, 0.15) is 18.1 Å². The van der Waals surface area contributed by atoms with Gasteiger partial charge in [-0.1, -0.05) is 6.07 Å². The molecule has 2 amide bonds. The molecule has 2 aromatic heterocycles. The first kappa shape index (κ1) is 21.5. The number of nitrogens with one attached hydrogen (secondary N) is 1. The van der Waals surface area contributed by atoms with E-state index in [0.29, 0.717) is 43.2 Å². The van der Waals surface area contributed by atoms with Crippen LogP contribution in [0.25, 0.3) is 11.4 Å². The number of ether oxygens (including phenoxy) is 2. The van der Waals surface area contributed by atoms with E-state index in [1.165, 1.54) is 4.90 Å².